The molecule has 0 spiro atoms. The summed E-state index contributed by atoms with van der Waals surface area (Å²) in [4.78, 5) is 32.5. The average molecular weight is 635 g/mol. The maximum atomic E-state index is 13.8. The van der Waals surface area contributed by atoms with Crippen LogP contribution in [0.5, 0.6) is 17.2 Å². The third-order valence-corrected chi connectivity index (χ3v) is 7.67. The number of methoxy groups -OCH3 is 1. The highest BCUT2D eigenvalue weighted by atomic mass is 32.2. The smallest absolute Gasteiger partial charge is 0.272 e. The van der Waals surface area contributed by atoms with Gasteiger partial charge >= 0.3 is 0 Å². The van der Waals surface area contributed by atoms with E-state index in [-0.39, 0.29) is 22.9 Å². The van der Waals surface area contributed by atoms with Crippen LogP contribution < -0.4 is 24.8 Å². The fourth-order valence-corrected chi connectivity index (χ4v) is 5.38. The molecule has 2 aromatic heterocycles. The molecule has 240 valence electrons. The summed E-state index contributed by atoms with van der Waals surface area (Å²) in [5, 5.41) is 6.64. The molecule has 0 aliphatic heterocycles. The number of carbonyl (C=O) groups is 2. The van der Waals surface area contributed by atoms with Crippen molar-refractivity contribution in [2.45, 2.75) is 26.2 Å². The molecule has 0 saturated heterocycles. The zero-order valence-electron chi connectivity index (χ0n) is 27.1. The molecule has 0 fully saturated rings. The van der Waals surface area contributed by atoms with Crippen LogP contribution in [-0.2, 0) is 22.2 Å². The number of para-hydroxylation sites is 1. The van der Waals surface area contributed by atoms with Crippen LogP contribution in [0.15, 0.2) is 54.7 Å². The van der Waals surface area contributed by atoms with Crippen molar-refractivity contribution in [1.29, 1.82) is 0 Å². The summed E-state index contributed by atoms with van der Waals surface area (Å²) in [5.74, 6) is 4.33. The van der Waals surface area contributed by atoms with Gasteiger partial charge in [-0.25, -0.2) is 4.21 Å². The topological polar surface area (TPSA) is 127 Å². The maximum absolute atomic E-state index is 13.8. The summed E-state index contributed by atoms with van der Waals surface area (Å²) < 4.78 is 29.1. The monoisotopic (exact) mass is 634 g/mol. The molecule has 2 heterocycles. The Bertz CT molecular complexity index is 1840. The second-order valence-corrected chi connectivity index (χ2v) is 14.5. The first-order valence-corrected chi connectivity index (χ1v) is 16.5. The predicted octanol–water partition coefficient (Wildman–Crippen LogP) is 4.89. The second kappa shape index (κ2) is 13.2. The molecule has 2 amide bonds. The van der Waals surface area contributed by atoms with Crippen LogP contribution in [0.1, 0.15) is 47.3 Å². The van der Waals surface area contributed by atoms with E-state index in [1.165, 1.54) is 19.6 Å². The number of aromatic nitrogens is 2. The van der Waals surface area contributed by atoms with Crippen molar-refractivity contribution < 1.29 is 23.3 Å². The number of likely N-dealkylation sites (N-methyl/N-ethyl adjacent to an activating group) is 1. The van der Waals surface area contributed by atoms with Gasteiger partial charge in [-0.05, 0) is 61.3 Å². The Kier molecular flexibility index (Phi) is 9.79. The Labute approximate surface area is 265 Å². The van der Waals surface area contributed by atoms with Gasteiger partial charge in [-0.3, -0.25) is 14.6 Å². The minimum atomic E-state index is -2.63. The Hall–Kier alpha value is -4.55. The van der Waals surface area contributed by atoms with Crippen LogP contribution in [0.4, 0.5) is 11.4 Å². The Balaban J connectivity index is 1.66. The van der Waals surface area contributed by atoms with Crippen LogP contribution in [-0.4, -0.2) is 76.9 Å². The predicted molar refractivity (Wildman–Crippen MR) is 183 cm³/mol. The molecular weight excluding hydrogens is 592 g/mol. The number of nitrogens with zero attached hydrogens (tertiary/aromatic N) is 3. The summed E-state index contributed by atoms with van der Waals surface area (Å²) in [5.41, 5.74) is 2.84. The van der Waals surface area contributed by atoms with E-state index in [1.54, 1.807) is 35.9 Å². The van der Waals surface area contributed by atoms with Gasteiger partial charge in [-0.2, -0.15) is 0 Å². The van der Waals surface area contributed by atoms with Crippen LogP contribution in [0.25, 0.3) is 10.9 Å². The fraction of sp³-hybridized carbons (Fsp3) is 0.333. The van der Waals surface area contributed by atoms with Gasteiger partial charge in [0.05, 0.1) is 24.0 Å². The zero-order chi connectivity index (χ0) is 33.1. The molecule has 45 heavy (non-hydrogen) atoms. The minimum Gasteiger partial charge on any atom is -0.492 e. The lowest BCUT2D eigenvalue weighted by atomic mass is 9.86. The zero-order valence-corrected chi connectivity index (χ0v) is 27.9. The van der Waals surface area contributed by atoms with Crippen LogP contribution >= 0.6 is 0 Å². The van der Waals surface area contributed by atoms with E-state index in [9.17, 15) is 13.8 Å². The van der Waals surface area contributed by atoms with E-state index in [0.29, 0.717) is 52.9 Å². The van der Waals surface area contributed by atoms with Crippen LogP contribution in [0.3, 0.4) is 0 Å². The van der Waals surface area contributed by atoms with Crippen molar-refractivity contribution in [3.05, 3.63) is 71.7 Å². The summed E-state index contributed by atoms with van der Waals surface area (Å²) >= 11 is 0. The lowest BCUT2D eigenvalue weighted by Gasteiger charge is -2.24. The summed E-state index contributed by atoms with van der Waals surface area (Å²) in [6.07, 6.45) is 3.02. The van der Waals surface area contributed by atoms with Crippen molar-refractivity contribution in [3.8, 4) is 17.2 Å². The van der Waals surface area contributed by atoms with Crippen molar-refractivity contribution >= 4 is 49.7 Å². The number of pyridine rings is 1. The summed E-state index contributed by atoms with van der Waals surface area (Å²) in [7, 11) is 4.51. The van der Waals surface area contributed by atoms with Gasteiger partial charge in [0.25, 0.3) is 11.8 Å². The molecule has 0 aliphatic rings. The number of fused-ring (bicyclic) bond motifs is 1. The SMILES string of the molecule is C=S(C)(=O)Nc1cc(C(C)(C)C)cc(NC(=O)c2cc3cccc(Oc4ccnc(C(=O)NCCN(C)C)c4)c3n2C)c1OC. The molecule has 4 aromatic rings. The number of nitrogens with one attached hydrogen (secondary N) is 3. The molecular formula is C33H42N6O5S. The molecule has 4 rings (SSSR count). The molecule has 11 nitrogen and oxygen atoms in total. The van der Waals surface area contributed by atoms with Gasteiger partial charge in [0.15, 0.2) is 11.5 Å². The molecule has 12 heteroatoms. The molecule has 2 aromatic carbocycles. The van der Waals surface area contributed by atoms with E-state index in [4.69, 9.17) is 9.47 Å². The number of benzene rings is 2. The van der Waals surface area contributed by atoms with E-state index in [0.717, 1.165) is 10.9 Å². The number of hydrogen-bond acceptors (Lipinski definition) is 7. The third-order valence-electron chi connectivity index (χ3n) is 7.02. The van der Waals surface area contributed by atoms with Gasteiger partial charge in [-0.1, -0.05) is 32.9 Å². The number of anilines is 2. The van der Waals surface area contributed by atoms with Gasteiger partial charge < -0.3 is 34.3 Å². The molecule has 0 saturated carbocycles. The first kappa shape index (κ1) is 33.3. The van der Waals surface area contributed by atoms with E-state index >= 15 is 0 Å². The average Bonchev–Trinajstić information content (AvgIpc) is 3.28. The highest BCUT2D eigenvalue weighted by Crippen LogP contribution is 2.40. The van der Waals surface area contributed by atoms with Crippen LogP contribution in [0, 0.1) is 0 Å². The molecule has 0 bridgehead atoms. The Morgan fingerprint density at radius 1 is 1.07 bits per heavy atom. The van der Waals surface area contributed by atoms with Crippen molar-refractivity contribution in [2.24, 2.45) is 7.05 Å². The van der Waals surface area contributed by atoms with Crippen molar-refractivity contribution in [1.82, 2.24) is 19.8 Å². The summed E-state index contributed by atoms with van der Waals surface area (Å²) in [6, 6.07) is 14.3. The quantitative estimate of drug-likeness (QED) is 0.201. The van der Waals surface area contributed by atoms with E-state index in [2.05, 4.69) is 26.2 Å². The van der Waals surface area contributed by atoms with E-state index < -0.39 is 9.71 Å². The highest BCUT2D eigenvalue weighted by molar-refractivity contribution is 8.00. The molecule has 0 aliphatic carbocycles. The van der Waals surface area contributed by atoms with Crippen molar-refractivity contribution in [3.63, 3.8) is 0 Å². The first-order valence-electron chi connectivity index (χ1n) is 14.4. The third kappa shape index (κ3) is 8.14. The second-order valence-electron chi connectivity index (χ2n) is 12.2. The number of amides is 2. The Morgan fingerprint density at radius 2 is 1.78 bits per heavy atom. The fourth-order valence-electron chi connectivity index (χ4n) is 4.76. The number of carbonyl (C=O) groups excluding carboxylic acids is 2. The molecule has 1 unspecified atom stereocenters. The van der Waals surface area contributed by atoms with Gasteiger partial charge in [0, 0.05) is 53.8 Å². The summed E-state index contributed by atoms with van der Waals surface area (Å²) in [6.45, 7) is 7.34. The normalized spacial score (nSPS) is 12.9. The molecule has 0 radical (unpaired) electrons. The number of aryl methyl sites for hydroxylation is 1. The van der Waals surface area contributed by atoms with Crippen LogP contribution in [0.2, 0.25) is 0 Å². The minimum absolute atomic E-state index is 0.239. The molecule has 1 atom stereocenters. The number of rotatable bonds is 11. The Morgan fingerprint density at radius 3 is 2.42 bits per heavy atom. The maximum Gasteiger partial charge on any atom is 0.272 e. The van der Waals surface area contributed by atoms with Crippen molar-refractivity contribution in [2.75, 3.05) is 50.6 Å². The lowest BCUT2D eigenvalue weighted by Crippen LogP contribution is -2.31. The van der Waals surface area contributed by atoms with Gasteiger partial charge in [0.2, 0.25) is 0 Å². The number of hydrogen-bond donors (Lipinski definition) is 3. The first-order chi connectivity index (χ1) is 21.1. The lowest BCUT2D eigenvalue weighted by molar-refractivity contribution is 0.0944. The van der Waals surface area contributed by atoms with E-state index in [1.807, 2.05) is 64.0 Å². The highest BCUT2D eigenvalue weighted by Gasteiger charge is 2.23. The largest absolute Gasteiger partial charge is 0.492 e. The van der Waals surface area contributed by atoms with Gasteiger partial charge in [-0.15, -0.1) is 0 Å². The van der Waals surface area contributed by atoms with Gasteiger partial charge in [0.1, 0.15) is 17.1 Å². The standard InChI is InChI=1S/C33H42N6O5S/c1-33(2,3)22-18-24(30(43-7)25(19-22)37-45(8,9)42)36-32(41)27-17-21-11-10-12-28(29(21)39(27)6)44-23-13-14-34-26(20-23)31(40)35-15-16-38(4)5/h10-14,17-20H,8,15-16H2,1-7,9H3,(H,35,40)(H,36,41)(H,37,42). The number of ether oxygens (including phenoxy) is 2. The molecule has 3 N–H and O–H groups in total.